The fourth-order valence-corrected chi connectivity index (χ4v) is 2.00. The molecule has 0 saturated carbocycles. The van der Waals surface area contributed by atoms with Gasteiger partial charge in [-0.15, -0.1) is 0 Å². The molecule has 19 heavy (non-hydrogen) atoms. The van der Waals surface area contributed by atoms with E-state index in [0.717, 1.165) is 18.6 Å². The second kappa shape index (κ2) is 8.07. The van der Waals surface area contributed by atoms with Gasteiger partial charge in [-0.25, -0.2) is 0 Å². The summed E-state index contributed by atoms with van der Waals surface area (Å²) in [6.45, 7) is 9.47. The van der Waals surface area contributed by atoms with Crippen LogP contribution in [0.25, 0.3) is 0 Å². The number of ether oxygens (including phenoxy) is 1. The summed E-state index contributed by atoms with van der Waals surface area (Å²) < 4.78 is 4.94. The Morgan fingerprint density at radius 3 is 3.00 bits per heavy atom. The van der Waals surface area contributed by atoms with Crippen molar-refractivity contribution < 1.29 is 4.74 Å². The van der Waals surface area contributed by atoms with E-state index in [9.17, 15) is 0 Å². The zero-order valence-electron chi connectivity index (χ0n) is 12.0. The summed E-state index contributed by atoms with van der Waals surface area (Å²) in [5.41, 5.74) is 6.35. The SMILES string of the molecule is C=C(C)[C@@H]1CC=C(C)/C(=N\NC(=S)NCCOC)C1. The fourth-order valence-electron chi connectivity index (χ4n) is 1.85. The molecule has 0 aromatic heterocycles. The number of methoxy groups -OCH3 is 1. The Kier molecular flexibility index (Phi) is 6.73. The number of allylic oxidation sites excluding steroid dienone is 3. The van der Waals surface area contributed by atoms with Crippen molar-refractivity contribution in [1.82, 2.24) is 10.7 Å². The lowest BCUT2D eigenvalue weighted by Gasteiger charge is -2.22. The van der Waals surface area contributed by atoms with Crippen molar-refractivity contribution >= 4 is 23.0 Å². The van der Waals surface area contributed by atoms with Crippen LogP contribution < -0.4 is 10.7 Å². The highest BCUT2D eigenvalue weighted by Crippen LogP contribution is 2.26. The third kappa shape index (κ3) is 5.53. The van der Waals surface area contributed by atoms with E-state index in [4.69, 9.17) is 17.0 Å². The normalized spacial score (nSPS) is 20.9. The van der Waals surface area contributed by atoms with Gasteiger partial charge in [0.25, 0.3) is 0 Å². The van der Waals surface area contributed by atoms with E-state index < -0.39 is 0 Å². The summed E-state index contributed by atoms with van der Waals surface area (Å²) in [5, 5.41) is 7.93. The predicted octanol–water partition coefficient (Wildman–Crippen LogP) is 2.39. The van der Waals surface area contributed by atoms with Gasteiger partial charge in [-0.1, -0.05) is 18.2 Å². The van der Waals surface area contributed by atoms with Crippen molar-refractivity contribution in [3.05, 3.63) is 23.8 Å². The van der Waals surface area contributed by atoms with Crippen molar-refractivity contribution in [1.29, 1.82) is 0 Å². The largest absolute Gasteiger partial charge is 0.383 e. The lowest BCUT2D eigenvalue weighted by molar-refractivity contribution is 0.204. The Hall–Kier alpha value is -1.20. The molecule has 0 radical (unpaired) electrons. The number of nitrogens with zero attached hydrogens (tertiary/aromatic N) is 1. The van der Waals surface area contributed by atoms with E-state index in [1.54, 1.807) is 7.11 Å². The molecule has 5 heteroatoms. The Labute approximate surface area is 121 Å². The Bertz CT molecular complexity index is 401. The fraction of sp³-hybridized carbons (Fsp3) is 0.571. The third-order valence-electron chi connectivity index (χ3n) is 3.18. The van der Waals surface area contributed by atoms with Crippen LogP contribution in [0.2, 0.25) is 0 Å². The Balaban J connectivity index is 2.51. The first-order valence-corrected chi connectivity index (χ1v) is 6.87. The maximum Gasteiger partial charge on any atom is 0.187 e. The maximum absolute atomic E-state index is 5.13. The molecule has 0 fully saturated rings. The number of nitrogens with one attached hydrogen (secondary N) is 2. The summed E-state index contributed by atoms with van der Waals surface area (Å²) in [4.78, 5) is 0. The lowest BCUT2D eigenvalue weighted by atomic mass is 9.85. The van der Waals surface area contributed by atoms with Crippen LogP contribution in [-0.2, 0) is 4.74 Å². The number of thiocarbonyl (C=S) groups is 1. The highest BCUT2D eigenvalue weighted by Gasteiger charge is 2.18. The lowest BCUT2D eigenvalue weighted by Crippen LogP contribution is -2.35. The van der Waals surface area contributed by atoms with Gasteiger partial charge in [0, 0.05) is 13.7 Å². The summed E-state index contributed by atoms with van der Waals surface area (Å²) in [7, 11) is 1.66. The molecule has 2 N–H and O–H groups in total. The molecule has 0 bridgehead atoms. The van der Waals surface area contributed by atoms with Gasteiger partial charge in [-0.3, -0.25) is 5.43 Å². The van der Waals surface area contributed by atoms with Crippen LogP contribution in [0.5, 0.6) is 0 Å². The molecule has 0 unspecified atom stereocenters. The molecule has 0 aromatic rings. The van der Waals surface area contributed by atoms with E-state index in [-0.39, 0.29) is 0 Å². The minimum atomic E-state index is 0.485. The molecule has 4 nitrogen and oxygen atoms in total. The molecular formula is C14H23N3OS. The highest BCUT2D eigenvalue weighted by molar-refractivity contribution is 7.80. The molecule has 0 heterocycles. The smallest absolute Gasteiger partial charge is 0.187 e. The van der Waals surface area contributed by atoms with Crippen molar-refractivity contribution in [2.75, 3.05) is 20.3 Å². The first-order chi connectivity index (χ1) is 9.04. The molecule has 0 aromatic carbocycles. The van der Waals surface area contributed by atoms with E-state index in [1.807, 2.05) is 0 Å². The standard InChI is InChI=1S/C14H23N3OS/c1-10(2)12-6-5-11(3)13(9-12)16-17-14(19)15-7-8-18-4/h5,12H,1,6-9H2,2-4H3,(H2,15,17,19)/b16-13-/t12-/m1/s1. The molecule has 1 atom stereocenters. The Morgan fingerprint density at radius 1 is 1.63 bits per heavy atom. The molecule has 0 amide bonds. The summed E-state index contributed by atoms with van der Waals surface area (Å²) >= 11 is 5.13. The summed E-state index contributed by atoms with van der Waals surface area (Å²) in [6.07, 6.45) is 4.19. The van der Waals surface area contributed by atoms with Crippen molar-refractivity contribution in [3.8, 4) is 0 Å². The van der Waals surface area contributed by atoms with Gasteiger partial charge < -0.3 is 10.1 Å². The third-order valence-corrected chi connectivity index (χ3v) is 3.42. The molecule has 1 aliphatic carbocycles. The van der Waals surface area contributed by atoms with E-state index >= 15 is 0 Å². The van der Waals surface area contributed by atoms with Crippen LogP contribution >= 0.6 is 12.2 Å². The average Bonchev–Trinajstić information content (AvgIpc) is 2.37. The molecule has 0 saturated heterocycles. The monoisotopic (exact) mass is 281 g/mol. The zero-order chi connectivity index (χ0) is 14.3. The number of rotatable bonds is 5. The van der Waals surface area contributed by atoms with Crippen molar-refractivity contribution in [2.24, 2.45) is 11.0 Å². The van der Waals surface area contributed by atoms with Gasteiger partial charge in [0.05, 0.1) is 12.3 Å². The van der Waals surface area contributed by atoms with Crippen LogP contribution in [0, 0.1) is 5.92 Å². The zero-order valence-corrected chi connectivity index (χ0v) is 12.8. The second-order valence-electron chi connectivity index (χ2n) is 4.79. The molecular weight excluding hydrogens is 258 g/mol. The highest BCUT2D eigenvalue weighted by atomic mass is 32.1. The quantitative estimate of drug-likeness (QED) is 0.351. The van der Waals surface area contributed by atoms with Gasteiger partial charge in [0.15, 0.2) is 5.11 Å². The molecule has 0 spiro atoms. The summed E-state index contributed by atoms with van der Waals surface area (Å²) in [6, 6.07) is 0. The van der Waals surface area contributed by atoms with Crippen LogP contribution in [0.3, 0.4) is 0 Å². The maximum atomic E-state index is 5.13. The first kappa shape index (κ1) is 15.9. The molecule has 1 aliphatic rings. The van der Waals surface area contributed by atoms with Crippen molar-refractivity contribution in [2.45, 2.75) is 26.7 Å². The second-order valence-corrected chi connectivity index (χ2v) is 5.20. The van der Waals surface area contributed by atoms with Gasteiger partial charge in [0.2, 0.25) is 0 Å². The van der Waals surface area contributed by atoms with Crippen LogP contribution in [0.4, 0.5) is 0 Å². The van der Waals surface area contributed by atoms with Gasteiger partial charge in [-0.05, 0) is 50.4 Å². The minimum Gasteiger partial charge on any atom is -0.383 e. The van der Waals surface area contributed by atoms with Crippen LogP contribution in [0.1, 0.15) is 26.7 Å². The minimum absolute atomic E-state index is 0.485. The number of hydrogen-bond donors (Lipinski definition) is 2. The summed E-state index contributed by atoms with van der Waals surface area (Å²) in [5.74, 6) is 0.485. The van der Waals surface area contributed by atoms with Crippen molar-refractivity contribution in [3.63, 3.8) is 0 Å². The molecule has 0 aliphatic heterocycles. The van der Waals surface area contributed by atoms with Crippen LogP contribution in [0.15, 0.2) is 28.9 Å². The van der Waals surface area contributed by atoms with Gasteiger partial charge >= 0.3 is 0 Å². The van der Waals surface area contributed by atoms with Gasteiger partial charge in [0.1, 0.15) is 0 Å². The van der Waals surface area contributed by atoms with Gasteiger partial charge in [-0.2, -0.15) is 5.10 Å². The topological polar surface area (TPSA) is 45.7 Å². The van der Waals surface area contributed by atoms with E-state index in [1.165, 1.54) is 11.1 Å². The first-order valence-electron chi connectivity index (χ1n) is 6.46. The van der Waals surface area contributed by atoms with Crippen LogP contribution in [-0.4, -0.2) is 31.1 Å². The van der Waals surface area contributed by atoms with E-state index in [2.05, 4.69) is 42.3 Å². The average molecular weight is 281 g/mol. The van der Waals surface area contributed by atoms with E-state index in [0.29, 0.717) is 24.2 Å². The number of hydrazone groups is 1. The predicted molar refractivity (Wildman–Crippen MR) is 84.3 cm³/mol. The molecule has 106 valence electrons. The number of hydrogen-bond acceptors (Lipinski definition) is 3. The Morgan fingerprint density at radius 2 is 2.37 bits per heavy atom. The molecule has 1 rings (SSSR count).